The van der Waals surface area contributed by atoms with E-state index in [1.54, 1.807) is 0 Å². The third kappa shape index (κ3) is 5.11. The van der Waals surface area contributed by atoms with Crippen molar-refractivity contribution in [1.82, 2.24) is 24.9 Å². The summed E-state index contributed by atoms with van der Waals surface area (Å²) in [6, 6.07) is 55.6. The monoisotopic (exact) mass is 759 g/mol. The first kappa shape index (κ1) is 33.4. The molecule has 7 nitrogen and oxygen atoms in total. The average Bonchev–Trinajstić information content (AvgIpc) is 3.94. The predicted octanol–water partition coefficient (Wildman–Crippen LogP) is 13.1. The number of hydrogen-bond donors (Lipinski definition) is 0. The van der Waals surface area contributed by atoms with Gasteiger partial charge in [0.25, 0.3) is 0 Å². The fourth-order valence-electron chi connectivity index (χ4n) is 8.90. The maximum Gasteiger partial charge on any atom is 0.180 e. The molecule has 11 aromatic rings. The van der Waals surface area contributed by atoms with Crippen LogP contribution in [0.4, 0.5) is 0 Å². The highest BCUT2D eigenvalue weighted by atomic mass is 16.3. The third-order valence-electron chi connectivity index (χ3n) is 11.8. The van der Waals surface area contributed by atoms with E-state index >= 15 is 0 Å². The van der Waals surface area contributed by atoms with Crippen LogP contribution in [0, 0.1) is 0 Å². The van der Waals surface area contributed by atoms with Gasteiger partial charge < -0.3 is 8.83 Å². The molecule has 12 rings (SSSR count). The van der Waals surface area contributed by atoms with E-state index in [0.29, 0.717) is 45.7 Å². The van der Waals surface area contributed by atoms with Gasteiger partial charge >= 0.3 is 0 Å². The van der Waals surface area contributed by atoms with Gasteiger partial charge in [0.1, 0.15) is 28.0 Å². The maximum absolute atomic E-state index is 6.85. The van der Waals surface area contributed by atoms with Crippen LogP contribution in [0.2, 0.25) is 0 Å². The van der Waals surface area contributed by atoms with Crippen LogP contribution in [0.1, 0.15) is 25.0 Å². The van der Waals surface area contributed by atoms with Gasteiger partial charge in [-0.3, -0.25) is 0 Å². The zero-order valence-corrected chi connectivity index (χ0v) is 32.1. The Hall–Kier alpha value is -7.77. The molecule has 0 saturated heterocycles. The summed E-state index contributed by atoms with van der Waals surface area (Å²) in [5, 5.41) is 2.75. The molecule has 0 spiro atoms. The van der Waals surface area contributed by atoms with Crippen LogP contribution in [0.3, 0.4) is 0 Å². The van der Waals surface area contributed by atoms with Crippen molar-refractivity contribution in [3.63, 3.8) is 0 Å². The molecule has 0 unspecified atom stereocenters. The maximum atomic E-state index is 6.85. The first-order valence-corrected chi connectivity index (χ1v) is 19.8. The molecular formula is C52H33N5O2. The Morgan fingerprint density at radius 1 is 0.390 bits per heavy atom. The molecule has 7 aromatic carbocycles. The van der Waals surface area contributed by atoms with Gasteiger partial charge in [-0.25, -0.2) is 24.9 Å². The van der Waals surface area contributed by atoms with Gasteiger partial charge in [-0.15, -0.1) is 0 Å². The number of rotatable bonds is 5. The zero-order chi connectivity index (χ0) is 39.2. The number of fused-ring (bicyclic) bond motifs is 9. The summed E-state index contributed by atoms with van der Waals surface area (Å²) < 4.78 is 13.5. The molecule has 0 saturated carbocycles. The zero-order valence-electron chi connectivity index (χ0n) is 32.1. The van der Waals surface area contributed by atoms with Crippen molar-refractivity contribution in [2.45, 2.75) is 19.3 Å². The summed E-state index contributed by atoms with van der Waals surface area (Å²) in [4.78, 5) is 25.7. The topological polar surface area (TPSA) is 90.7 Å². The number of benzene rings is 7. The van der Waals surface area contributed by atoms with Gasteiger partial charge in [-0.05, 0) is 52.6 Å². The third-order valence-corrected chi connectivity index (χ3v) is 11.8. The highest BCUT2D eigenvalue weighted by Crippen LogP contribution is 2.50. The van der Waals surface area contributed by atoms with Crippen LogP contribution in [0.5, 0.6) is 0 Å². The Bertz CT molecular complexity index is 3420. The summed E-state index contributed by atoms with van der Waals surface area (Å²) in [5.74, 6) is 2.37. The van der Waals surface area contributed by atoms with E-state index in [4.69, 9.17) is 33.8 Å². The normalized spacial score (nSPS) is 13.1. The summed E-state index contributed by atoms with van der Waals surface area (Å²) in [7, 11) is 0. The molecule has 0 amide bonds. The lowest BCUT2D eigenvalue weighted by molar-refractivity contribution is 0.660. The molecule has 0 aliphatic heterocycles. The molecule has 7 heteroatoms. The summed E-state index contributed by atoms with van der Waals surface area (Å²) in [5.41, 5.74) is 13.5. The number of aromatic nitrogens is 5. The predicted molar refractivity (Wildman–Crippen MR) is 235 cm³/mol. The van der Waals surface area contributed by atoms with E-state index in [2.05, 4.69) is 80.6 Å². The molecule has 0 N–H and O–H groups in total. The lowest BCUT2D eigenvalue weighted by Gasteiger charge is -2.21. The highest BCUT2D eigenvalue weighted by Gasteiger charge is 2.35. The van der Waals surface area contributed by atoms with Gasteiger partial charge in [-0.2, -0.15) is 0 Å². The van der Waals surface area contributed by atoms with Crippen LogP contribution >= 0.6 is 0 Å². The van der Waals surface area contributed by atoms with E-state index in [1.807, 2.05) is 97.1 Å². The number of furan rings is 2. The summed E-state index contributed by atoms with van der Waals surface area (Å²) in [6.45, 7) is 4.58. The van der Waals surface area contributed by atoms with Crippen molar-refractivity contribution in [3.05, 3.63) is 175 Å². The minimum absolute atomic E-state index is 0.170. The smallest absolute Gasteiger partial charge is 0.180 e. The number of para-hydroxylation sites is 2. The lowest BCUT2D eigenvalue weighted by Crippen LogP contribution is -2.15. The quantitative estimate of drug-likeness (QED) is 0.172. The van der Waals surface area contributed by atoms with E-state index in [0.717, 1.165) is 55.1 Å². The molecule has 1 aliphatic rings. The molecule has 0 atom stereocenters. The largest absolute Gasteiger partial charge is 0.455 e. The second-order valence-corrected chi connectivity index (χ2v) is 15.6. The van der Waals surface area contributed by atoms with E-state index in [-0.39, 0.29) is 5.41 Å². The summed E-state index contributed by atoms with van der Waals surface area (Å²) in [6.07, 6.45) is 0. The van der Waals surface area contributed by atoms with E-state index in [9.17, 15) is 0 Å². The Morgan fingerprint density at radius 3 is 1.76 bits per heavy atom. The van der Waals surface area contributed by atoms with Gasteiger partial charge in [0, 0.05) is 49.4 Å². The van der Waals surface area contributed by atoms with Crippen molar-refractivity contribution in [2.75, 3.05) is 0 Å². The molecule has 0 fully saturated rings. The minimum atomic E-state index is -0.170. The molecule has 4 heterocycles. The van der Waals surface area contributed by atoms with Crippen molar-refractivity contribution < 1.29 is 8.83 Å². The first-order valence-electron chi connectivity index (χ1n) is 19.8. The fraction of sp³-hybridized carbons (Fsp3) is 0.0577. The molecular weight excluding hydrogens is 727 g/mol. The SMILES string of the molecule is CC1(C)c2ccccc2-c2ccc(-c3nc(-c4cccc5c4oc4cccc(-c6nc(-c7ccccc7)nc(-c7ccccc7)n6)c45)c4oc5ccccc5c4n3)cc21. The van der Waals surface area contributed by atoms with Crippen LogP contribution < -0.4 is 0 Å². The van der Waals surface area contributed by atoms with Gasteiger partial charge in [0.2, 0.25) is 0 Å². The number of nitrogens with zero attached hydrogens (tertiary/aromatic N) is 5. The van der Waals surface area contributed by atoms with Crippen LogP contribution in [-0.4, -0.2) is 24.9 Å². The standard InChI is InChI=1S/C52H33N5O2/c1-52(2)39-24-11-9-19-33(39)34-28-27-32(29-40(34)52)50-53-44-35-20-10-12-25-41(35)58-47(44)45(54-50)38-23-13-21-36-43-37(22-14-26-42(43)59-46(36)38)51-56-48(30-15-5-3-6-16-30)55-49(57-51)31-17-7-4-8-18-31/h3-29H,1-2H3. The molecule has 0 bridgehead atoms. The second-order valence-electron chi connectivity index (χ2n) is 15.6. The van der Waals surface area contributed by atoms with E-state index in [1.165, 1.54) is 22.3 Å². The highest BCUT2D eigenvalue weighted by molar-refractivity contribution is 6.17. The van der Waals surface area contributed by atoms with Crippen LogP contribution in [-0.2, 0) is 5.41 Å². The second kappa shape index (κ2) is 12.6. The Balaban J connectivity index is 1.08. The molecule has 1 aliphatic carbocycles. The van der Waals surface area contributed by atoms with Crippen molar-refractivity contribution in [1.29, 1.82) is 0 Å². The molecule has 278 valence electrons. The Kier molecular flexibility index (Phi) is 7.14. The number of hydrogen-bond acceptors (Lipinski definition) is 7. The van der Waals surface area contributed by atoms with E-state index < -0.39 is 0 Å². The molecule has 0 radical (unpaired) electrons. The van der Waals surface area contributed by atoms with Crippen molar-refractivity contribution in [3.8, 4) is 67.9 Å². The molecule has 59 heavy (non-hydrogen) atoms. The van der Waals surface area contributed by atoms with Crippen molar-refractivity contribution in [2.24, 2.45) is 0 Å². The van der Waals surface area contributed by atoms with Crippen molar-refractivity contribution >= 4 is 44.0 Å². The summed E-state index contributed by atoms with van der Waals surface area (Å²) >= 11 is 0. The fourth-order valence-corrected chi connectivity index (χ4v) is 8.90. The Labute approximate surface area is 338 Å². The van der Waals surface area contributed by atoms with Gasteiger partial charge in [0.05, 0.1) is 0 Å². The van der Waals surface area contributed by atoms with Gasteiger partial charge in [-0.1, -0.05) is 147 Å². The average molecular weight is 760 g/mol. The Morgan fingerprint density at radius 2 is 0.966 bits per heavy atom. The lowest BCUT2D eigenvalue weighted by atomic mass is 9.82. The minimum Gasteiger partial charge on any atom is -0.455 e. The first-order chi connectivity index (χ1) is 29.0. The van der Waals surface area contributed by atoms with Crippen LogP contribution in [0.15, 0.2) is 173 Å². The van der Waals surface area contributed by atoms with Gasteiger partial charge in [0.15, 0.2) is 28.9 Å². The van der Waals surface area contributed by atoms with Crippen LogP contribution in [0.25, 0.3) is 112 Å². The molecule has 4 aromatic heterocycles.